The third-order valence-electron chi connectivity index (χ3n) is 6.33. The summed E-state index contributed by atoms with van der Waals surface area (Å²) in [4.78, 5) is 11.9. The standard InChI is InChI=1S/C23H27F2N5O3/c1-6-18(31)27-15-11-26-29(2)23(15)22-13-8-7-12(9-14(13)28-30(22)3)19-20(24)16(32-4)10-17(33-5)21(19)25/h6,10-12,22,28H,1,7-9H2,2-5H3,(H,27,31). The lowest BCUT2D eigenvalue weighted by Crippen LogP contribution is -2.32. The largest absolute Gasteiger partial charge is 0.494 e. The van der Waals surface area contributed by atoms with Crippen LogP contribution >= 0.6 is 0 Å². The fraction of sp³-hybridized carbons (Fsp3) is 0.391. The van der Waals surface area contributed by atoms with Gasteiger partial charge in [-0.2, -0.15) is 5.10 Å². The normalized spacial score (nSPS) is 20.3. The van der Waals surface area contributed by atoms with Crippen LogP contribution in [-0.4, -0.2) is 42.0 Å². The van der Waals surface area contributed by atoms with Gasteiger partial charge in [-0.3, -0.25) is 9.48 Å². The third kappa shape index (κ3) is 3.84. The Morgan fingerprint density at radius 3 is 2.55 bits per heavy atom. The van der Waals surface area contributed by atoms with Crippen LogP contribution in [0.25, 0.3) is 0 Å². The molecule has 2 heterocycles. The van der Waals surface area contributed by atoms with Gasteiger partial charge in [-0.15, -0.1) is 0 Å². The minimum Gasteiger partial charge on any atom is -0.494 e. The first-order valence-corrected chi connectivity index (χ1v) is 10.6. The van der Waals surface area contributed by atoms with E-state index in [2.05, 4.69) is 22.4 Å². The number of hydrogen-bond acceptors (Lipinski definition) is 6. The zero-order chi connectivity index (χ0) is 23.9. The molecule has 1 aliphatic carbocycles. The maximum atomic E-state index is 15.1. The van der Waals surface area contributed by atoms with E-state index in [-0.39, 0.29) is 34.9 Å². The number of methoxy groups -OCH3 is 2. The van der Waals surface area contributed by atoms with Crippen LogP contribution in [0.4, 0.5) is 14.5 Å². The fourth-order valence-corrected chi connectivity index (χ4v) is 4.80. The van der Waals surface area contributed by atoms with Gasteiger partial charge >= 0.3 is 0 Å². The van der Waals surface area contributed by atoms with Crippen molar-refractivity contribution in [2.75, 3.05) is 26.6 Å². The highest BCUT2D eigenvalue weighted by molar-refractivity contribution is 5.99. The molecule has 1 aliphatic heterocycles. The average molecular weight is 459 g/mol. The molecule has 0 spiro atoms. The van der Waals surface area contributed by atoms with Crippen molar-refractivity contribution >= 4 is 11.6 Å². The molecular weight excluding hydrogens is 432 g/mol. The van der Waals surface area contributed by atoms with E-state index < -0.39 is 11.6 Å². The number of carbonyl (C=O) groups is 1. The Morgan fingerprint density at radius 2 is 1.94 bits per heavy atom. The maximum absolute atomic E-state index is 15.1. The number of amides is 1. The summed E-state index contributed by atoms with van der Waals surface area (Å²) in [6.45, 7) is 3.50. The van der Waals surface area contributed by atoms with Crippen LogP contribution in [-0.2, 0) is 11.8 Å². The zero-order valence-corrected chi connectivity index (χ0v) is 19.0. The van der Waals surface area contributed by atoms with Crippen molar-refractivity contribution in [1.29, 1.82) is 0 Å². The average Bonchev–Trinajstić information content (AvgIpc) is 3.31. The lowest BCUT2D eigenvalue weighted by molar-refractivity contribution is -0.111. The molecule has 1 amide bonds. The van der Waals surface area contributed by atoms with Gasteiger partial charge < -0.3 is 20.2 Å². The molecule has 4 rings (SSSR count). The predicted octanol–water partition coefficient (Wildman–Crippen LogP) is 3.55. The molecule has 2 N–H and O–H groups in total. The van der Waals surface area contributed by atoms with E-state index >= 15 is 8.78 Å². The maximum Gasteiger partial charge on any atom is 0.247 e. The van der Waals surface area contributed by atoms with Gasteiger partial charge in [-0.25, -0.2) is 13.8 Å². The van der Waals surface area contributed by atoms with Crippen LogP contribution in [0.2, 0.25) is 0 Å². The summed E-state index contributed by atoms with van der Waals surface area (Å²) in [5.41, 5.74) is 6.72. The molecule has 1 aromatic heterocycles. The summed E-state index contributed by atoms with van der Waals surface area (Å²) < 4.78 is 42.1. The Morgan fingerprint density at radius 1 is 1.27 bits per heavy atom. The van der Waals surface area contributed by atoms with Gasteiger partial charge in [-0.05, 0) is 36.8 Å². The summed E-state index contributed by atoms with van der Waals surface area (Å²) in [5.74, 6) is -2.21. The second-order valence-electron chi connectivity index (χ2n) is 8.15. The third-order valence-corrected chi connectivity index (χ3v) is 6.33. The molecular formula is C23H27F2N5O3. The van der Waals surface area contributed by atoms with Crippen molar-refractivity contribution in [3.05, 3.63) is 59.1 Å². The molecule has 2 unspecified atom stereocenters. The zero-order valence-electron chi connectivity index (χ0n) is 19.0. The number of anilines is 1. The Bertz CT molecular complexity index is 1120. The highest BCUT2D eigenvalue weighted by Gasteiger charge is 2.40. The number of ether oxygens (including phenoxy) is 2. The van der Waals surface area contributed by atoms with Crippen LogP contribution in [0.15, 0.2) is 36.2 Å². The van der Waals surface area contributed by atoms with Gasteiger partial charge in [0, 0.05) is 31.4 Å². The van der Waals surface area contributed by atoms with Gasteiger partial charge in [0.25, 0.3) is 0 Å². The molecule has 0 bridgehead atoms. The lowest BCUT2D eigenvalue weighted by Gasteiger charge is -2.27. The fourth-order valence-electron chi connectivity index (χ4n) is 4.80. The smallest absolute Gasteiger partial charge is 0.247 e. The number of likely N-dealkylation sites (N-methyl/N-ethyl adjacent to an activating group) is 1. The topological polar surface area (TPSA) is 80.7 Å². The molecule has 2 aromatic rings. The van der Waals surface area contributed by atoms with Gasteiger partial charge in [0.15, 0.2) is 23.1 Å². The minimum absolute atomic E-state index is 0.0230. The highest BCUT2D eigenvalue weighted by Crippen LogP contribution is 2.48. The summed E-state index contributed by atoms with van der Waals surface area (Å²) in [7, 11) is 6.38. The van der Waals surface area contributed by atoms with Crippen LogP contribution < -0.4 is 20.2 Å². The lowest BCUT2D eigenvalue weighted by atomic mass is 9.80. The van der Waals surface area contributed by atoms with Crippen molar-refractivity contribution in [3.63, 3.8) is 0 Å². The van der Waals surface area contributed by atoms with E-state index in [0.29, 0.717) is 24.9 Å². The van der Waals surface area contributed by atoms with E-state index in [4.69, 9.17) is 9.47 Å². The van der Waals surface area contributed by atoms with Crippen molar-refractivity contribution in [1.82, 2.24) is 20.2 Å². The molecule has 8 nitrogen and oxygen atoms in total. The number of aromatic nitrogens is 2. The van der Waals surface area contributed by atoms with E-state index in [9.17, 15) is 4.79 Å². The summed E-state index contributed by atoms with van der Waals surface area (Å²) in [5, 5.41) is 9.04. The number of hydrazine groups is 1. The first-order valence-electron chi connectivity index (χ1n) is 10.6. The van der Waals surface area contributed by atoms with E-state index in [0.717, 1.165) is 17.0 Å². The van der Waals surface area contributed by atoms with Gasteiger partial charge in [0.2, 0.25) is 5.91 Å². The Hall–Kier alpha value is -3.40. The molecule has 0 saturated carbocycles. The molecule has 2 atom stereocenters. The molecule has 1 aromatic carbocycles. The Labute approximate surface area is 190 Å². The monoisotopic (exact) mass is 459 g/mol. The number of aryl methyl sites for hydroxylation is 1. The Balaban J connectivity index is 1.69. The molecule has 10 heteroatoms. The van der Waals surface area contributed by atoms with Crippen molar-refractivity contribution < 1.29 is 23.0 Å². The van der Waals surface area contributed by atoms with Gasteiger partial charge in [-0.1, -0.05) is 6.58 Å². The molecule has 0 saturated heterocycles. The van der Waals surface area contributed by atoms with Crippen molar-refractivity contribution in [2.45, 2.75) is 31.2 Å². The summed E-state index contributed by atoms with van der Waals surface area (Å²) in [6, 6.07) is 1.03. The highest BCUT2D eigenvalue weighted by atomic mass is 19.1. The number of carbonyl (C=O) groups excluding carboxylic acids is 1. The van der Waals surface area contributed by atoms with Crippen molar-refractivity contribution in [2.24, 2.45) is 7.05 Å². The van der Waals surface area contributed by atoms with Gasteiger partial charge in [0.1, 0.15) is 0 Å². The second-order valence-corrected chi connectivity index (χ2v) is 8.15. The summed E-state index contributed by atoms with van der Waals surface area (Å²) >= 11 is 0. The number of benzene rings is 1. The quantitative estimate of drug-likeness (QED) is 0.643. The number of halogens is 2. The molecule has 0 radical (unpaired) electrons. The van der Waals surface area contributed by atoms with Crippen LogP contribution in [0.5, 0.6) is 11.5 Å². The summed E-state index contributed by atoms with van der Waals surface area (Å²) in [6.07, 6.45) is 4.38. The number of hydrogen-bond donors (Lipinski definition) is 2. The molecule has 2 aliphatic rings. The SMILES string of the molecule is C=CC(=O)Nc1cnn(C)c1C1C2=C(CC(c3c(F)c(OC)cc(OC)c3F)CC2)NN1C. The predicted molar refractivity (Wildman–Crippen MR) is 119 cm³/mol. The number of nitrogens with zero attached hydrogens (tertiary/aromatic N) is 3. The van der Waals surface area contributed by atoms with Crippen LogP contribution in [0.3, 0.4) is 0 Å². The number of nitrogens with one attached hydrogen (secondary N) is 2. The Kier molecular flexibility index (Phi) is 6.11. The number of allylic oxidation sites excluding steroid dienone is 1. The minimum atomic E-state index is -0.700. The van der Waals surface area contributed by atoms with Crippen LogP contribution in [0.1, 0.15) is 42.5 Å². The molecule has 33 heavy (non-hydrogen) atoms. The molecule has 0 fully saturated rings. The van der Waals surface area contributed by atoms with E-state index in [1.54, 1.807) is 10.9 Å². The first kappa shape index (κ1) is 22.8. The van der Waals surface area contributed by atoms with E-state index in [1.165, 1.54) is 26.4 Å². The van der Waals surface area contributed by atoms with Gasteiger partial charge in [0.05, 0.1) is 37.8 Å². The number of rotatable bonds is 6. The first-order chi connectivity index (χ1) is 15.8. The van der Waals surface area contributed by atoms with Crippen LogP contribution in [0, 0.1) is 11.6 Å². The molecule has 176 valence electrons. The second kappa shape index (κ2) is 8.86. The van der Waals surface area contributed by atoms with Crippen molar-refractivity contribution in [3.8, 4) is 11.5 Å². The van der Waals surface area contributed by atoms with E-state index in [1.807, 2.05) is 19.1 Å².